The van der Waals surface area contributed by atoms with Crippen molar-refractivity contribution < 1.29 is 9.90 Å². The topological polar surface area (TPSA) is 67.2 Å². The van der Waals surface area contributed by atoms with Crippen LogP contribution in [-0.4, -0.2) is 27.3 Å². The molecule has 6 heteroatoms. The van der Waals surface area contributed by atoms with Gasteiger partial charge in [0.2, 0.25) is 0 Å². The molecule has 0 aliphatic heterocycles. The fraction of sp³-hybridized carbons (Fsp3) is 0.412. The Bertz CT molecular complexity index is 678. The summed E-state index contributed by atoms with van der Waals surface area (Å²) in [6, 6.07) is 8.71. The first-order valence-corrected chi connectivity index (χ1v) is 8.01. The van der Waals surface area contributed by atoms with Gasteiger partial charge in [-0.25, -0.2) is 0 Å². The van der Waals surface area contributed by atoms with E-state index in [1.54, 1.807) is 49.0 Å². The van der Waals surface area contributed by atoms with Crippen LogP contribution < -0.4 is 5.32 Å². The summed E-state index contributed by atoms with van der Waals surface area (Å²) >= 11 is 5.85. The number of rotatable bonds is 6. The number of aromatic nitrogens is 2. The molecule has 0 radical (unpaired) electrons. The minimum Gasteiger partial charge on any atom is -0.384 e. The molecule has 0 aliphatic rings. The Labute approximate surface area is 141 Å². The first kappa shape index (κ1) is 17.5. The summed E-state index contributed by atoms with van der Waals surface area (Å²) in [4.78, 5) is 12.3. The zero-order chi connectivity index (χ0) is 17.0. The van der Waals surface area contributed by atoms with Crippen molar-refractivity contribution in [3.05, 3.63) is 52.3 Å². The third-order valence-corrected chi connectivity index (χ3v) is 3.98. The highest BCUT2D eigenvalue weighted by molar-refractivity contribution is 6.30. The quantitative estimate of drug-likeness (QED) is 0.852. The predicted octanol–water partition coefficient (Wildman–Crippen LogP) is 2.66. The highest BCUT2D eigenvalue weighted by atomic mass is 35.5. The Morgan fingerprint density at radius 3 is 2.65 bits per heavy atom. The summed E-state index contributed by atoms with van der Waals surface area (Å²) in [5.41, 5.74) is 0.897. The summed E-state index contributed by atoms with van der Waals surface area (Å²) in [5.74, 6) is -0.253. The highest BCUT2D eigenvalue weighted by Gasteiger charge is 2.24. The van der Waals surface area contributed by atoms with Crippen molar-refractivity contribution in [2.45, 2.75) is 32.3 Å². The molecule has 0 saturated carbocycles. The van der Waals surface area contributed by atoms with E-state index in [2.05, 4.69) is 17.3 Å². The van der Waals surface area contributed by atoms with Crippen molar-refractivity contribution in [3.8, 4) is 0 Å². The van der Waals surface area contributed by atoms with Crippen molar-refractivity contribution in [2.75, 3.05) is 6.54 Å². The van der Waals surface area contributed by atoms with Crippen LogP contribution in [0.25, 0.3) is 0 Å². The summed E-state index contributed by atoms with van der Waals surface area (Å²) in [5, 5.41) is 18.2. The van der Waals surface area contributed by atoms with Crippen molar-refractivity contribution in [2.24, 2.45) is 7.05 Å². The van der Waals surface area contributed by atoms with Gasteiger partial charge >= 0.3 is 0 Å². The molecule has 0 bridgehead atoms. The highest BCUT2D eigenvalue weighted by Crippen LogP contribution is 2.21. The molecule has 2 N–H and O–H groups in total. The summed E-state index contributed by atoms with van der Waals surface area (Å²) in [6.45, 7) is 3.82. The van der Waals surface area contributed by atoms with Gasteiger partial charge in [0.05, 0.1) is 12.2 Å². The number of nitrogens with zero attached hydrogens (tertiary/aromatic N) is 2. The number of hydrogen-bond donors (Lipinski definition) is 2. The van der Waals surface area contributed by atoms with Crippen LogP contribution in [0.3, 0.4) is 0 Å². The van der Waals surface area contributed by atoms with Gasteiger partial charge in [-0.15, -0.1) is 0 Å². The van der Waals surface area contributed by atoms with Crippen LogP contribution in [0.2, 0.25) is 5.02 Å². The van der Waals surface area contributed by atoms with Crippen LogP contribution in [-0.2, 0) is 19.1 Å². The Hall–Kier alpha value is -1.85. The number of aliphatic hydroxyl groups is 1. The zero-order valence-electron chi connectivity index (χ0n) is 13.6. The monoisotopic (exact) mass is 335 g/mol. The standard InChI is InChI=1S/C17H22ClN3O2/c1-4-5-14-10-15(21(3)20-14)16(22)19-11-17(2,23)12-6-8-13(18)9-7-12/h6-10,23H,4-5,11H2,1-3H3,(H,19,22)/t17-/m1/s1. The number of nitrogens with one attached hydrogen (secondary N) is 1. The number of amides is 1. The smallest absolute Gasteiger partial charge is 0.269 e. The molecule has 1 heterocycles. The summed E-state index contributed by atoms with van der Waals surface area (Å²) < 4.78 is 1.57. The lowest BCUT2D eigenvalue weighted by molar-refractivity contribution is 0.0523. The molecule has 1 aromatic heterocycles. The van der Waals surface area contributed by atoms with Crippen molar-refractivity contribution >= 4 is 17.5 Å². The average molecular weight is 336 g/mol. The molecule has 0 aliphatic carbocycles. The number of carbonyl (C=O) groups is 1. The second-order valence-corrected chi connectivity index (χ2v) is 6.29. The molecule has 5 nitrogen and oxygen atoms in total. The fourth-order valence-corrected chi connectivity index (χ4v) is 2.50. The average Bonchev–Trinajstić information content (AvgIpc) is 2.86. The molecular weight excluding hydrogens is 314 g/mol. The van der Waals surface area contributed by atoms with Gasteiger partial charge in [0.25, 0.3) is 5.91 Å². The Morgan fingerprint density at radius 1 is 1.39 bits per heavy atom. The van der Waals surface area contributed by atoms with E-state index in [0.29, 0.717) is 16.3 Å². The van der Waals surface area contributed by atoms with E-state index in [4.69, 9.17) is 11.6 Å². The van der Waals surface area contributed by atoms with Gasteiger partial charge in [0.15, 0.2) is 0 Å². The van der Waals surface area contributed by atoms with Gasteiger partial charge in [-0.05, 0) is 37.1 Å². The third kappa shape index (κ3) is 4.33. The van der Waals surface area contributed by atoms with E-state index in [0.717, 1.165) is 18.5 Å². The van der Waals surface area contributed by atoms with Crippen molar-refractivity contribution in [1.29, 1.82) is 0 Å². The molecule has 1 atom stereocenters. The molecule has 1 amide bonds. The maximum atomic E-state index is 12.3. The molecule has 23 heavy (non-hydrogen) atoms. The second-order valence-electron chi connectivity index (χ2n) is 5.86. The van der Waals surface area contributed by atoms with Crippen LogP contribution in [0.5, 0.6) is 0 Å². The van der Waals surface area contributed by atoms with Crippen LogP contribution >= 0.6 is 11.6 Å². The maximum absolute atomic E-state index is 12.3. The Kier molecular flexibility index (Phi) is 5.44. The van der Waals surface area contributed by atoms with Gasteiger partial charge < -0.3 is 10.4 Å². The predicted molar refractivity (Wildman–Crippen MR) is 90.6 cm³/mol. The Morgan fingerprint density at radius 2 is 2.04 bits per heavy atom. The first-order chi connectivity index (χ1) is 10.8. The molecule has 2 rings (SSSR count). The molecule has 0 fully saturated rings. The molecule has 2 aromatic rings. The van der Waals surface area contributed by atoms with Crippen molar-refractivity contribution in [3.63, 3.8) is 0 Å². The molecule has 0 saturated heterocycles. The van der Waals surface area contributed by atoms with E-state index in [1.165, 1.54) is 0 Å². The normalized spacial score (nSPS) is 13.6. The third-order valence-electron chi connectivity index (χ3n) is 3.73. The van der Waals surface area contributed by atoms with E-state index in [-0.39, 0.29) is 12.5 Å². The van der Waals surface area contributed by atoms with Gasteiger partial charge in [-0.3, -0.25) is 9.48 Å². The molecule has 1 aromatic carbocycles. The van der Waals surface area contributed by atoms with Gasteiger partial charge in [-0.1, -0.05) is 37.1 Å². The molecule has 0 spiro atoms. The van der Waals surface area contributed by atoms with Crippen LogP contribution in [0, 0.1) is 0 Å². The van der Waals surface area contributed by atoms with Crippen LogP contribution in [0.1, 0.15) is 42.0 Å². The summed E-state index contributed by atoms with van der Waals surface area (Å²) in [7, 11) is 1.74. The number of carbonyl (C=O) groups excluding carboxylic acids is 1. The maximum Gasteiger partial charge on any atom is 0.269 e. The van der Waals surface area contributed by atoms with E-state index >= 15 is 0 Å². The van der Waals surface area contributed by atoms with Gasteiger partial charge in [0, 0.05) is 12.1 Å². The molecular formula is C17H22ClN3O2. The number of benzene rings is 1. The SMILES string of the molecule is CCCc1cc(C(=O)NC[C@@](C)(O)c2ccc(Cl)cc2)n(C)n1. The Balaban J connectivity index is 2.04. The fourth-order valence-electron chi connectivity index (χ4n) is 2.37. The van der Waals surface area contributed by atoms with E-state index in [9.17, 15) is 9.90 Å². The van der Waals surface area contributed by atoms with Gasteiger partial charge in [-0.2, -0.15) is 5.10 Å². The lowest BCUT2D eigenvalue weighted by Gasteiger charge is -2.24. The minimum atomic E-state index is -1.18. The minimum absolute atomic E-state index is 0.0990. The summed E-state index contributed by atoms with van der Waals surface area (Å²) in [6.07, 6.45) is 1.81. The lowest BCUT2D eigenvalue weighted by Crippen LogP contribution is -2.39. The van der Waals surface area contributed by atoms with E-state index < -0.39 is 5.60 Å². The van der Waals surface area contributed by atoms with Gasteiger partial charge in [0.1, 0.15) is 11.3 Å². The van der Waals surface area contributed by atoms with Crippen LogP contribution in [0.15, 0.2) is 30.3 Å². The second kappa shape index (κ2) is 7.15. The van der Waals surface area contributed by atoms with E-state index in [1.807, 2.05) is 0 Å². The number of hydrogen-bond acceptors (Lipinski definition) is 3. The number of aryl methyl sites for hydroxylation is 2. The molecule has 0 unspecified atom stereocenters. The largest absolute Gasteiger partial charge is 0.384 e. The van der Waals surface area contributed by atoms with Crippen molar-refractivity contribution in [1.82, 2.24) is 15.1 Å². The first-order valence-electron chi connectivity index (χ1n) is 7.63. The number of halogens is 1. The zero-order valence-corrected chi connectivity index (χ0v) is 14.4. The lowest BCUT2D eigenvalue weighted by atomic mass is 9.96. The van der Waals surface area contributed by atoms with Crippen LogP contribution in [0.4, 0.5) is 0 Å². The molecule has 124 valence electrons.